The third-order valence-corrected chi connectivity index (χ3v) is 9.96. The van der Waals surface area contributed by atoms with Crippen molar-refractivity contribution in [2.75, 3.05) is 56.6 Å². The van der Waals surface area contributed by atoms with Crippen LogP contribution in [0.15, 0.2) is 48.8 Å². The number of esters is 1. The van der Waals surface area contributed by atoms with E-state index < -0.39 is 46.5 Å². The molecule has 0 amide bonds. The summed E-state index contributed by atoms with van der Waals surface area (Å²) in [7, 11) is -4.22. The molecule has 1 aromatic heterocycles. The summed E-state index contributed by atoms with van der Waals surface area (Å²) < 4.78 is 119. The standard InChI is InChI=1S/C33H34Cl2F5N3O8S/c1-52(45,46)43(9-8-42-10-12-47-13-11-42)26-14-22(5-6-27(26)51-33(38,39)40)31(44)49-29(16-23-24(34)17-41-18-25(23)35)21-4-7-28(50-32(36)37)30(15-21)48-19-20-2-3-20/h4-7,14-15,17-18,20,29,32H,2-3,8-13,16,19H2,1H3. The van der Waals surface area contributed by atoms with E-state index >= 15 is 0 Å². The Labute approximate surface area is 306 Å². The van der Waals surface area contributed by atoms with E-state index in [4.69, 9.17) is 37.4 Å². The van der Waals surface area contributed by atoms with Gasteiger partial charge in [-0.3, -0.25) is 14.2 Å². The molecular weight excluding hydrogens is 764 g/mol. The molecule has 1 saturated heterocycles. The number of morpholine rings is 1. The van der Waals surface area contributed by atoms with Crippen LogP contribution < -0.4 is 18.5 Å². The quantitative estimate of drug-likeness (QED) is 0.112. The average Bonchev–Trinajstić information content (AvgIpc) is 3.90. The molecule has 3 aromatic rings. The first-order valence-electron chi connectivity index (χ1n) is 16.0. The minimum Gasteiger partial charge on any atom is -0.489 e. The van der Waals surface area contributed by atoms with Crippen molar-refractivity contribution in [1.29, 1.82) is 0 Å². The maximum absolute atomic E-state index is 13.8. The fourth-order valence-corrected chi connectivity index (χ4v) is 6.77. The number of nitrogens with zero attached hydrogens (tertiary/aromatic N) is 3. The number of carbonyl (C=O) groups excluding carboxylic acids is 1. The van der Waals surface area contributed by atoms with Crippen LogP contribution in [0, 0.1) is 5.92 Å². The first kappa shape index (κ1) is 39.6. The first-order valence-corrected chi connectivity index (χ1v) is 18.6. The summed E-state index contributed by atoms with van der Waals surface area (Å²) in [5.41, 5.74) is -0.330. The Bertz CT molecular complexity index is 1810. The molecular formula is C33H34Cl2F5N3O8S. The van der Waals surface area contributed by atoms with Gasteiger partial charge in [0.2, 0.25) is 10.0 Å². The smallest absolute Gasteiger partial charge is 0.489 e. The van der Waals surface area contributed by atoms with Crippen molar-refractivity contribution < 1.29 is 58.8 Å². The van der Waals surface area contributed by atoms with Crippen molar-refractivity contribution in [3.63, 3.8) is 0 Å². The van der Waals surface area contributed by atoms with E-state index in [0.717, 1.165) is 41.6 Å². The van der Waals surface area contributed by atoms with Crippen LogP contribution in [0.5, 0.6) is 17.2 Å². The number of ether oxygens (including phenoxy) is 5. The number of pyridine rings is 1. The molecule has 0 spiro atoms. The SMILES string of the molecule is CS(=O)(=O)N(CCN1CCOCC1)c1cc(C(=O)OC(Cc2c(Cl)cncc2Cl)c2ccc(OC(F)F)c(OCC3CC3)c2)ccc1OC(F)(F)F. The highest BCUT2D eigenvalue weighted by molar-refractivity contribution is 7.92. The van der Waals surface area contributed by atoms with E-state index in [0.29, 0.717) is 31.9 Å². The monoisotopic (exact) mass is 797 g/mol. The third kappa shape index (κ3) is 11.2. The van der Waals surface area contributed by atoms with Gasteiger partial charge in [0.1, 0.15) is 6.10 Å². The zero-order valence-electron chi connectivity index (χ0n) is 27.6. The molecule has 2 heterocycles. The van der Waals surface area contributed by atoms with E-state index in [1.165, 1.54) is 30.6 Å². The second-order valence-electron chi connectivity index (χ2n) is 12.0. The van der Waals surface area contributed by atoms with Gasteiger partial charge in [-0.05, 0) is 60.2 Å². The van der Waals surface area contributed by atoms with Gasteiger partial charge in [0.25, 0.3) is 0 Å². The number of alkyl halides is 5. The van der Waals surface area contributed by atoms with Crippen LogP contribution >= 0.6 is 23.2 Å². The fourth-order valence-electron chi connectivity index (χ4n) is 5.34. The third-order valence-electron chi connectivity index (χ3n) is 8.13. The number of carbonyl (C=O) groups is 1. The topological polar surface area (TPSA) is 117 Å². The summed E-state index contributed by atoms with van der Waals surface area (Å²) in [6.07, 6.45) is -1.35. The minimum absolute atomic E-state index is 0.0438. The second-order valence-corrected chi connectivity index (χ2v) is 14.8. The summed E-state index contributed by atoms with van der Waals surface area (Å²) in [6, 6.07) is 6.69. The zero-order chi connectivity index (χ0) is 37.6. The number of rotatable bonds is 16. The number of hydrogen-bond acceptors (Lipinski definition) is 10. The second kappa shape index (κ2) is 17.0. The van der Waals surface area contributed by atoms with Crippen LogP contribution in [0.1, 0.15) is 40.4 Å². The van der Waals surface area contributed by atoms with Crippen LogP contribution in [0.4, 0.5) is 27.6 Å². The van der Waals surface area contributed by atoms with Gasteiger partial charge >= 0.3 is 18.9 Å². The highest BCUT2D eigenvalue weighted by atomic mass is 35.5. The summed E-state index contributed by atoms with van der Waals surface area (Å²) in [5, 5.41) is 0.243. The van der Waals surface area contributed by atoms with Crippen molar-refractivity contribution in [3.05, 3.63) is 75.5 Å². The normalized spacial score (nSPS) is 16.0. The average molecular weight is 799 g/mol. The van der Waals surface area contributed by atoms with Gasteiger partial charge in [-0.1, -0.05) is 29.3 Å². The van der Waals surface area contributed by atoms with Crippen LogP contribution in [0.3, 0.4) is 0 Å². The molecule has 2 aromatic carbocycles. The largest absolute Gasteiger partial charge is 0.573 e. The molecule has 0 radical (unpaired) electrons. The molecule has 5 rings (SSSR count). The van der Waals surface area contributed by atoms with E-state index in [9.17, 15) is 35.2 Å². The van der Waals surface area contributed by atoms with Crippen molar-refractivity contribution in [2.24, 2.45) is 5.92 Å². The molecule has 11 nitrogen and oxygen atoms in total. The summed E-state index contributed by atoms with van der Waals surface area (Å²) in [4.78, 5) is 19.6. The number of benzene rings is 2. The van der Waals surface area contributed by atoms with E-state index in [1.54, 1.807) is 0 Å². The lowest BCUT2D eigenvalue weighted by molar-refractivity contribution is -0.274. The van der Waals surface area contributed by atoms with Crippen LogP contribution in [0.25, 0.3) is 0 Å². The summed E-state index contributed by atoms with van der Waals surface area (Å²) in [6.45, 7) is -1.31. The predicted octanol–water partition coefficient (Wildman–Crippen LogP) is 6.92. The van der Waals surface area contributed by atoms with Gasteiger partial charge in [-0.15, -0.1) is 13.2 Å². The molecule has 2 aliphatic rings. The number of hydrogen-bond donors (Lipinski definition) is 0. The minimum atomic E-state index is -5.20. The highest BCUT2D eigenvalue weighted by Crippen LogP contribution is 2.39. The molecule has 284 valence electrons. The Kier molecular flexibility index (Phi) is 12.9. The number of halogens is 7. The van der Waals surface area contributed by atoms with Gasteiger partial charge in [0, 0.05) is 45.0 Å². The Balaban J connectivity index is 1.51. The predicted molar refractivity (Wildman–Crippen MR) is 180 cm³/mol. The number of sulfonamides is 1. The Morgan fingerprint density at radius 3 is 2.33 bits per heavy atom. The molecule has 52 heavy (non-hydrogen) atoms. The Morgan fingerprint density at radius 2 is 1.71 bits per heavy atom. The maximum atomic E-state index is 13.8. The van der Waals surface area contributed by atoms with Crippen molar-refractivity contribution in [3.8, 4) is 17.2 Å². The number of anilines is 1. The van der Waals surface area contributed by atoms with Crippen molar-refractivity contribution in [2.45, 2.75) is 38.3 Å². The summed E-state index contributed by atoms with van der Waals surface area (Å²) >= 11 is 12.8. The summed E-state index contributed by atoms with van der Waals surface area (Å²) in [5.74, 6) is -2.01. The molecule has 1 saturated carbocycles. The zero-order valence-corrected chi connectivity index (χ0v) is 29.9. The van der Waals surface area contributed by atoms with E-state index in [2.05, 4.69) is 14.5 Å². The molecule has 0 N–H and O–H groups in total. The Hall–Kier alpha value is -3.64. The lowest BCUT2D eigenvalue weighted by Gasteiger charge is -2.31. The van der Waals surface area contributed by atoms with Gasteiger partial charge in [0.15, 0.2) is 17.2 Å². The van der Waals surface area contributed by atoms with E-state index in [1.807, 2.05) is 4.90 Å². The van der Waals surface area contributed by atoms with Gasteiger partial charge in [-0.25, -0.2) is 13.2 Å². The molecule has 2 fully saturated rings. The molecule has 0 bridgehead atoms. The Morgan fingerprint density at radius 1 is 1.04 bits per heavy atom. The van der Waals surface area contributed by atoms with Crippen molar-refractivity contribution in [1.82, 2.24) is 9.88 Å². The first-order chi connectivity index (χ1) is 24.6. The van der Waals surface area contributed by atoms with E-state index in [-0.39, 0.29) is 64.7 Å². The molecule has 1 aliphatic heterocycles. The van der Waals surface area contributed by atoms with Gasteiger partial charge < -0.3 is 23.7 Å². The maximum Gasteiger partial charge on any atom is 0.573 e. The van der Waals surface area contributed by atoms with Crippen molar-refractivity contribution >= 4 is 44.9 Å². The lowest BCUT2D eigenvalue weighted by atomic mass is 10.0. The molecule has 1 atom stereocenters. The fraction of sp³-hybridized carbons (Fsp3) is 0.455. The molecule has 19 heteroatoms. The highest BCUT2D eigenvalue weighted by Gasteiger charge is 2.35. The van der Waals surface area contributed by atoms with Crippen LogP contribution in [0.2, 0.25) is 10.0 Å². The van der Waals surface area contributed by atoms with Gasteiger partial charge in [0.05, 0.1) is 47.4 Å². The molecule has 1 aliphatic carbocycles. The lowest BCUT2D eigenvalue weighted by Crippen LogP contribution is -2.43. The number of aromatic nitrogens is 1. The van der Waals surface area contributed by atoms with Gasteiger partial charge in [-0.2, -0.15) is 8.78 Å². The van der Waals surface area contributed by atoms with Crippen LogP contribution in [-0.4, -0.2) is 89.5 Å². The van der Waals surface area contributed by atoms with Crippen LogP contribution in [-0.2, 0) is 25.9 Å². The molecule has 1 unspecified atom stereocenters.